The van der Waals surface area contributed by atoms with Crippen LogP contribution in [0, 0.1) is 20.8 Å². The SMILES string of the molecule is COP([O-])(=S)O[C@@H]1C[C@H](n2cnc3c(N)ncnc32)O[C@@H]1COP(=O)([S-])O[C@@H]1C[C@H](n2cc(C)c(=O)[nH]c2=O)O[C@@H]1COP([O-])(=S)O[C@@H]1C2O[C@@H](C)[C@]1(COP([O-])(=S)O[C@@H]1C3O[C@@H](C)[C@]1(COP([O-])(=S)O[C@@H]1C4O[C@@H](C)[C@]1(CO)O[C@H]4n1cc(C)c(N)nc1=O)O[C@H]3n1cc(C)c(N)nc1=O)O[C@H]2n1cnc2c(N)ncnc21. The third-order valence-corrected chi connectivity index (χ3v) is 28.6. The number of nitrogens with two attached hydrogens (primary N) is 4. The molecule has 8 fully saturated rings. The van der Waals surface area contributed by atoms with Gasteiger partial charge in [0, 0.05) is 55.2 Å². The molecular formula is C57H70N18O28P5S5-5. The second kappa shape index (κ2) is 30.7. The molecule has 113 heavy (non-hydrogen) atoms. The van der Waals surface area contributed by atoms with E-state index in [1.165, 1.54) is 67.5 Å². The first-order chi connectivity index (χ1) is 53.2. The van der Waals surface area contributed by atoms with E-state index >= 15 is 9.79 Å². The lowest BCUT2D eigenvalue weighted by Gasteiger charge is -2.42. The smallest absolute Gasteiger partial charge is 0.351 e. The van der Waals surface area contributed by atoms with Gasteiger partial charge in [0.15, 0.2) is 48.4 Å². The summed E-state index contributed by atoms with van der Waals surface area (Å²) in [5, 5.41) is 10.9. The summed E-state index contributed by atoms with van der Waals surface area (Å²) >= 11 is 27.4. The normalized spacial score (nSPS) is 35.2. The van der Waals surface area contributed by atoms with Crippen LogP contribution in [0.15, 0.2) is 63.1 Å². The molecule has 26 atom stereocenters. The quantitative estimate of drug-likeness (QED) is 0.0206. The maximum atomic E-state index is 15.4. The Kier molecular flexibility index (Phi) is 22.5. The number of hydrogen-bond acceptors (Lipinski definition) is 45. The van der Waals surface area contributed by atoms with Gasteiger partial charge in [-0.2, -0.15) is 9.97 Å². The number of ether oxygens (including phenoxy) is 8. The molecule has 8 aliphatic heterocycles. The Labute approximate surface area is 662 Å². The summed E-state index contributed by atoms with van der Waals surface area (Å²) in [7, 11) is 1.07. The van der Waals surface area contributed by atoms with E-state index in [1.54, 1.807) is 20.8 Å². The lowest BCUT2D eigenvalue weighted by atomic mass is 9.94. The van der Waals surface area contributed by atoms with Crippen LogP contribution in [0.25, 0.3) is 22.3 Å². The molecular weight excluding hydrogens is 1700 g/mol. The van der Waals surface area contributed by atoms with E-state index in [1.807, 2.05) is 0 Å². The summed E-state index contributed by atoms with van der Waals surface area (Å²) < 4.78 is 131. The van der Waals surface area contributed by atoms with Crippen LogP contribution < -0.4 is 65.1 Å². The van der Waals surface area contributed by atoms with Gasteiger partial charge in [-0.15, -0.1) is 0 Å². The summed E-state index contributed by atoms with van der Waals surface area (Å²) in [4.78, 5) is 147. The molecule has 7 aromatic rings. The topological polar surface area (TPSA) is 612 Å². The van der Waals surface area contributed by atoms with Gasteiger partial charge in [-0.3, -0.25) is 37.2 Å². The maximum Gasteiger partial charge on any atom is 0.351 e. The molecule has 8 saturated heterocycles. The average molecular weight is 1770 g/mol. The van der Waals surface area contributed by atoms with Crippen molar-refractivity contribution >= 4 is 139 Å². The van der Waals surface area contributed by atoms with Gasteiger partial charge in [-0.25, -0.2) is 44.3 Å². The summed E-state index contributed by atoms with van der Waals surface area (Å²) in [5.74, 6) is -0.159. The van der Waals surface area contributed by atoms with Gasteiger partial charge in [-0.1, -0.05) is 47.2 Å². The zero-order valence-corrected chi connectivity index (χ0v) is 68.3. The molecule has 56 heteroatoms. The first-order valence-electron chi connectivity index (χ1n) is 34.1. The zero-order valence-electron chi connectivity index (χ0n) is 59.8. The average Bonchev–Trinajstić information content (AvgIpc) is 1.56. The van der Waals surface area contributed by atoms with Crippen LogP contribution in [0.5, 0.6) is 0 Å². The fourth-order valence-electron chi connectivity index (χ4n) is 15.0. The molecule has 8 aliphatic rings. The summed E-state index contributed by atoms with van der Waals surface area (Å²) in [6.45, 7) is -19.2. The molecule has 616 valence electrons. The van der Waals surface area contributed by atoms with E-state index < -0.39 is 217 Å². The highest BCUT2D eigenvalue weighted by Gasteiger charge is 2.71. The summed E-state index contributed by atoms with van der Waals surface area (Å²) in [6.07, 6.45) is -15.9. The molecule has 15 rings (SSSR count). The fraction of sp³-hybridized carbons (Fsp3) is 0.614. The lowest BCUT2D eigenvalue weighted by Crippen LogP contribution is -2.52. The second-order valence-electron chi connectivity index (χ2n) is 27.6. The van der Waals surface area contributed by atoms with Crippen molar-refractivity contribution in [2.75, 3.05) is 63.1 Å². The standard InChI is InChI=1S/C57H75N18O28P5S5/c1-22-10-72(52(78)68-42(22)58)49-36-39(55(15-76,96-49)25(4)91-36)101-107(84,112)89-16-56-26(5)92-37(50(97-56)73-11-23(2)43(59)69-53(73)79)40(56)103-108(85,113)90-17-57-27(6)93-38(51(98-57)75-21-67-35-45(61)63-19-65-47(35)75)41(57)102-106(83,111)88-14-31-29(8-32(94-31)71-12-24(3)48(77)70-54(71)80)100-105(82,110)87-13-30-28(99-104(81,109)86-7)9-33(95-30)74-20-66-34-44(60)62-18-64-46(34)74/h10-12,18-21,25-33,36-41,49-51,76H,8-9,13-17H2,1-7H3,(H,81,109)(H,82,110)(H,83,111)(H,84,112)(H,85,113)(H2,58,68,78)(H2,59,69,79)(H2,60,62,64)(H2,61,63,65)(H,70,77,80)/p-5/t25-,26-,27-,28+,29+,30+,31+,32+,33+,36?,37?,38?,39+,40+,41+,49+,50+,51+,55-,56-,57-,104?,105?,106?,107?,108?/m0/s1. The van der Waals surface area contributed by atoms with E-state index in [-0.39, 0.29) is 64.0 Å². The number of nitrogens with zero attached hydrogens (tertiary/aromatic N) is 13. The van der Waals surface area contributed by atoms with Crippen LogP contribution in [0.2, 0.25) is 0 Å². The van der Waals surface area contributed by atoms with Gasteiger partial charge < -0.3 is 143 Å². The number of aliphatic hydroxyl groups excluding tert-OH is 1. The number of imidazole rings is 2. The third-order valence-electron chi connectivity index (χ3n) is 20.8. The Morgan fingerprint density at radius 2 is 0.965 bits per heavy atom. The van der Waals surface area contributed by atoms with Gasteiger partial charge in [-0.05, 0) is 41.5 Å². The van der Waals surface area contributed by atoms with Crippen molar-refractivity contribution in [1.29, 1.82) is 0 Å². The molecule has 46 nitrogen and oxygen atoms in total. The molecule has 0 aromatic carbocycles. The van der Waals surface area contributed by atoms with E-state index in [0.29, 0.717) is 11.1 Å². The number of nitrogens with one attached hydrogen (secondary N) is 1. The van der Waals surface area contributed by atoms with Crippen LogP contribution in [-0.4, -0.2) is 209 Å². The number of rotatable bonds is 29. The highest BCUT2D eigenvalue weighted by atomic mass is 32.7. The van der Waals surface area contributed by atoms with Crippen molar-refractivity contribution in [3.05, 3.63) is 102 Å². The van der Waals surface area contributed by atoms with E-state index in [4.69, 9.17) is 166 Å². The van der Waals surface area contributed by atoms with Crippen LogP contribution in [-0.2, 0) is 147 Å². The monoisotopic (exact) mass is 1770 g/mol. The Morgan fingerprint density at radius 1 is 0.549 bits per heavy atom. The van der Waals surface area contributed by atoms with Crippen LogP contribution >= 0.6 is 33.7 Å². The van der Waals surface area contributed by atoms with Crippen molar-refractivity contribution in [3.8, 4) is 0 Å². The number of aromatic amines is 1. The van der Waals surface area contributed by atoms with E-state index in [0.717, 1.165) is 27.1 Å². The highest BCUT2D eigenvalue weighted by Crippen LogP contribution is 2.62. The summed E-state index contributed by atoms with van der Waals surface area (Å²) in [5.41, 5.74) is 16.2. The first-order valence-corrected chi connectivity index (χ1v) is 46.9. The van der Waals surface area contributed by atoms with E-state index in [9.17, 15) is 38.6 Å². The molecule has 6 bridgehead atoms. The number of aliphatic hydroxyl groups is 1. The van der Waals surface area contributed by atoms with Crippen molar-refractivity contribution < 1.29 is 112 Å². The number of nitrogen functional groups attached to an aromatic ring is 4. The minimum Gasteiger partial charge on any atom is -0.780 e. The number of fused-ring (bicyclic) bond motifs is 8. The Hall–Kier alpha value is -5.00. The van der Waals surface area contributed by atoms with Crippen molar-refractivity contribution in [2.45, 2.75) is 182 Å². The van der Waals surface area contributed by atoms with Gasteiger partial charge in [0.1, 0.15) is 140 Å². The predicted octanol–water partition coefficient (Wildman–Crippen LogP) is -2.65. The van der Waals surface area contributed by atoms with Gasteiger partial charge in [0.05, 0.1) is 76.2 Å². The minimum atomic E-state index is -5.13. The van der Waals surface area contributed by atoms with Crippen LogP contribution in [0.4, 0.5) is 23.3 Å². The number of aryl methyl sites for hydroxylation is 3. The van der Waals surface area contributed by atoms with Crippen molar-refractivity contribution in [2.24, 2.45) is 0 Å². The van der Waals surface area contributed by atoms with Gasteiger partial charge in [0.25, 0.3) is 5.56 Å². The number of aromatic nitrogens is 14. The first kappa shape index (κ1) is 83.1. The van der Waals surface area contributed by atoms with Gasteiger partial charge >= 0.3 is 17.1 Å². The van der Waals surface area contributed by atoms with Crippen LogP contribution in [0.3, 0.4) is 0 Å². The third kappa shape index (κ3) is 15.4. The lowest BCUT2D eigenvalue weighted by molar-refractivity contribution is -0.245. The molecule has 15 heterocycles. The second-order valence-corrected chi connectivity index (χ2v) is 41.2. The molecule has 0 radical (unpaired) electrons. The molecule has 10 N–H and O–H groups in total. The number of H-pyrrole nitrogens is 1. The van der Waals surface area contributed by atoms with E-state index in [2.05, 4.69) is 44.9 Å². The Bertz CT molecular complexity index is 5430. The predicted molar refractivity (Wildman–Crippen MR) is 394 cm³/mol. The molecule has 7 aromatic heterocycles. The molecule has 8 unspecified atom stereocenters. The van der Waals surface area contributed by atoms with Crippen molar-refractivity contribution in [1.82, 2.24) is 67.7 Å². The van der Waals surface area contributed by atoms with Gasteiger partial charge in [0.2, 0.25) is 0 Å². The minimum absolute atomic E-state index is 0.0387. The maximum absolute atomic E-state index is 15.4. The van der Waals surface area contributed by atoms with Crippen molar-refractivity contribution in [3.63, 3.8) is 0 Å². The molecule has 0 saturated carbocycles. The molecule has 0 amide bonds. The molecule has 0 aliphatic carbocycles. The summed E-state index contributed by atoms with van der Waals surface area (Å²) in [6, 6.07) is 0. The highest BCUT2D eigenvalue weighted by molar-refractivity contribution is 8.32. The zero-order chi connectivity index (χ0) is 80.9. The number of hydrogen-bond donors (Lipinski definition) is 6. The van der Waals surface area contributed by atoms with Crippen LogP contribution in [0.1, 0.15) is 81.4 Å². The molecule has 0 spiro atoms. The largest absolute Gasteiger partial charge is 0.780 e. The Morgan fingerprint density at radius 3 is 1.46 bits per heavy atom. The Balaban J connectivity index is 0.688. The fourth-order valence-corrected chi connectivity index (χ4v) is 21.7. The number of anilines is 4.